The van der Waals surface area contributed by atoms with Crippen LogP contribution < -0.4 is 5.32 Å². The number of rotatable bonds is 6. The van der Waals surface area contributed by atoms with Gasteiger partial charge in [-0.2, -0.15) is 0 Å². The van der Waals surface area contributed by atoms with Crippen molar-refractivity contribution in [3.05, 3.63) is 94.4 Å². The van der Waals surface area contributed by atoms with Gasteiger partial charge in [-0.15, -0.1) is 0 Å². The van der Waals surface area contributed by atoms with Crippen LogP contribution >= 0.6 is 22.6 Å². The summed E-state index contributed by atoms with van der Waals surface area (Å²) in [6.07, 6.45) is 10.9. The molecule has 2 aliphatic carbocycles. The summed E-state index contributed by atoms with van der Waals surface area (Å²) in [4.78, 5) is 37.9. The fourth-order valence-electron chi connectivity index (χ4n) is 6.18. The van der Waals surface area contributed by atoms with Gasteiger partial charge in [0.2, 0.25) is 11.8 Å². The number of alkyl halides is 1. The minimum Gasteiger partial charge on any atom is -0.331 e. The maximum Gasteiger partial charge on any atom is 0.237 e. The molecule has 1 spiro atoms. The Bertz CT molecular complexity index is 1470. The second kappa shape index (κ2) is 9.59. The number of amides is 2. The van der Waals surface area contributed by atoms with Crippen LogP contribution in [-0.4, -0.2) is 37.7 Å². The Morgan fingerprint density at radius 3 is 2.87 bits per heavy atom. The molecule has 0 saturated carbocycles. The molecule has 0 saturated heterocycles. The van der Waals surface area contributed by atoms with Gasteiger partial charge in [0.15, 0.2) is 0 Å². The van der Waals surface area contributed by atoms with E-state index in [1.54, 1.807) is 6.20 Å². The topological polar surface area (TPSA) is 75.2 Å². The molecule has 1 aliphatic heterocycles. The number of nitrogens with zero attached hydrogens (tertiary/aromatic N) is 3. The van der Waals surface area contributed by atoms with Crippen molar-refractivity contribution in [3.8, 4) is 0 Å². The molecule has 0 unspecified atom stereocenters. The zero-order chi connectivity index (χ0) is 26.5. The number of carbonyl (C=O) groups excluding carboxylic acids is 2. The number of anilines is 1. The first-order chi connectivity index (χ1) is 18.3. The van der Waals surface area contributed by atoms with Crippen LogP contribution in [0.2, 0.25) is 0 Å². The molecule has 1 N–H and O–H groups in total. The summed E-state index contributed by atoms with van der Waals surface area (Å²) >= 11 is 2.31. The van der Waals surface area contributed by atoms with Crippen molar-refractivity contribution < 1.29 is 9.59 Å². The fourth-order valence-corrected chi connectivity index (χ4v) is 6.51. The Morgan fingerprint density at radius 1 is 1.18 bits per heavy atom. The standard InChI is InChI=1S/C31H31IN4O2/c1-30(2,19-32)29(38)36(26-12-11-21-8-3-4-9-23(21)26)14-6-7-20-15-22-16-31(17-25(22)34-18-20)24-10-5-13-33-27(24)35-28(31)37/h3-10,13,15,18,26H,11-12,14,16-17,19H2,1-2H3,(H,33,35,37)/b7-6+/t26-,31+/m1/s1. The van der Waals surface area contributed by atoms with Gasteiger partial charge in [0.1, 0.15) is 5.82 Å². The number of halogens is 1. The van der Waals surface area contributed by atoms with Crippen LogP contribution in [0.5, 0.6) is 0 Å². The van der Waals surface area contributed by atoms with Crippen molar-refractivity contribution in [2.45, 2.75) is 51.0 Å². The molecule has 0 radical (unpaired) electrons. The molecular formula is C31H31IN4O2. The number of benzene rings is 1. The second-order valence-electron chi connectivity index (χ2n) is 11.3. The Hall–Kier alpha value is -3.07. The zero-order valence-corrected chi connectivity index (χ0v) is 23.9. The number of carbonyl (C=O) groups is 2. The summed E-state index contributed by atoms with van der Waals surface area (Å²) in [5, 5.41) is 2.96. The van der Waals surface area contributed by atoms with Crippen LogP contribution in [0.1, 0.15) is 59.8 Å². The van der Waals surface area contributed by atoms with E-state index in [1.165, 1.54) is 11.1 Å². The number of fused-ring (bicyclic) bond motifs is 4. The third kappa shape index (κ3) is 4.15. The van der Waals surface area contributed by atoms with E-state index in [9.17, 15) is 9.59 Å². The summed E-state index contributed by atoms with van der Waals surface area (Å²) in [5.74, 6) is 0.857. The average Bonchev–Trinajstić information content (AvgIpc) is 3.60. The summed E-state index contributed by atoms with van der Waals surface area (Å²) in [5.41, 5.74) is 5.58. The van der Waals surface area contributed by atoms with E-state index in [1.807, 2.05) is 32.2 Å². The van der Waals surface area contributed by atoms with E-state index in [0.29, 0.717) is 25.2 Å². The molecule has 3 aliphatic rings. The molecule has 3 heterocycles. The monoisotopic (exact) mass is 618 g/mol. The van der Waals surface area contributed by atoms with Crippen molar-refractivity contribution in [1.82, 2.24) is 14.9 Å². The number of aromatic nitrogens is 2. The normalized spacial score (nSPS) is 21.4. The molecule has 2 aromatic heterocycles. The van der Waals surface area contributed by atoms with Gasteiger partial charge < -0.3 is 10.2 Å². The van der Waals surface area contributed by atoms with Crippen LogP contribution in [0.4, 0.5) is 5.82 Å². The SMILES string of the molecule is CC(C)(CI)C(=O)N(C/C=C/c1cnc2c(c1)C[C@@]1(C2)C(=O)Nc2ncccc21)[C@@H]1CCc2ccccc21. The largest absolute Gasteiger partial charge is 0.331 e. The molecule has 38 heavy (non-hydrogen) atoms. The van der Waals surface area contributed by atoms with Gasteiger partial charge in [-0.1, -0.05) is 78.9 Å². The molecule has 2 amide bonds. The number of pyridine rings is 2. The third-order valence-corrected chi connectivity index (χ3v) is 10.2. The lowest BCUT2D eigenvalue weighted by Crippen LogP contribution is -2.43. The van der Waals surface area contributed by atoms with Crippen LogP contribution in [0.3, 0.4) is 0 Å². The maximum atomic E-state index is 13.7. The number of nitrogens with one attached hydrogen (secondary N) is 1. The predicted molar refractivity (Wildman–Crippen MR) is 157 cm³/mol. The lowest BCUT2D eigenvalue weighted by molar-refractivity contribution is -0.141. The van der Waals surface area contributed by atoms with E-state index >= 15 is 0 Å². The molecule has 1 aromatic carbocycles. The first-order valence-corrected chi connectivity index (χ1v) is 14.7. The van der Waals surface area contributed by atoms with E-state index in [4.69, 9.17) is 4.98 Å². The third-order valence-electron chi connectivity index (χ3n) is 8.30. The first-order valence-electron chi connectivity index (χ1n) is 13.2. The molecule has 0 fully saturated rings. The highest BCUT2D eigenvalue weighted by Gasteiger charge is 2.51. The minimum absolute atomic E-state index is 0.00479. The van der Waals surface area contributed by atoms with Gasteiger partial charge in [-0.05, 0) is 53.6 Å². The fraction of sp³-hybridized carbons (Fsp3) is 0.355. The molecule has 7 heteroatoms. The summed E-state index contributed by atoms with van der Waals surface area (Å²) in [6.45, 7) is 4.61. The molecule has 0 bridgehead atoms. The van der Waals surface area contributed by atoms with Gasteiger partial charge in [0.25, 0.3) is 0 Å². The van der Waals surface area contributed by atoms with Crippen LogP contribution in [0.25, 0.3) is 6.08 Å². The Labute approximate surface area is 237 Å². The van der Waals surface area contributed by atoms with Crippen LogP contribution in [-0.2, 0) is 34.3 Å². The van der Waals surface area contributed by atoms with Crippen molar-refractivity contribution in [2.75, 3.05) is 16.3 Å². The van der Waals surface area contributed by atoms with Crippen molar-refractivity contribution >= 4 is 46.3 Å². The quantitative estimate of drug-likeness (QED) is 0.295. The average molecular weight is 619 g/mol. The van der Waals surface area contributed by atoms with Crippen molar-refractivity contribution in [1.29, 1.82) is 0 Å². The maximum absolute atomic E-state index is 13.7. The van der Waals surface area contributed by atoms with E-state index in [-0.39, 0.29) is 17.9 Å². The van der Waals surface area contributed by atoms with E-state index in [2.05, 4.69) is 80.3 Å². The zero-order valence-electron chi connectivity index (χ0n) is 21.7. The smallest absolute Gasteiger partial charge is 0.237 e. The molecule has 3 aromatic rings. The number of hydrogen-bond donors (Lipinski definition) is 1. The highest BCUT2D eigenvalue weighted by Crippen LogP contribution is 2.46. The second-order valence-corrected chi connectivity index (χ2v) is 12.1. The minimum atomic E-state index is -0.620. The lowest BCUT2D eigenvalue weighted by Gasteiger charge is -2.35. The Morgan fingerprint density at radius 2 is 2.03 bits per heavy atom. The molecule has 194 valence electrons. The molecule has 6 nitrogen and oxygen atoms in total. The van der Waals surface area contributed by atoms with E-state index < -0.39 is 10.8 Å². The highest BCUT2D eigenvalue weighted by atomic mass is 127. The van der Waals surface area contributed by atoms with Gasteiger partial charge in [-0.3, -0.25) is 14.6 Å². The molecular weight excluding hydrogens is 587 g/mol. The number of aryl methyl sites for hydroxylation is 1. The lowest BCUT2D eigenvalue weighted by atomic mass is 9.80. The molecule has 2 atom stereocenters. The van der Waals surface area contributed by atoms with Crippen molar-refractivity contribution in [3.63, 3.8) is 0 Å². The summed E-state index contributed by atoms with van der Waals surface area (Å²) < 4.78 is 0.765. The van der Waals surface area contributed by atoms with Crippen LogP contribution in [0.15, 0.2) is 60.9 Å². The molecule has 6 rings (SSSR count). The van der Waals surface area contributed by atoms with Gasteiger partial charge in [-0.25, -0.2) is 4.98 Å². The highest BCUT2D eigenvalue weighted by molar-refractivity contribution is 14.1. The van der Waals surface area contributed by atoms with Crippen LogP contribution in [0, 0.1) is 5.41 Å². The van der Waals surface area contributed by atoms with Gasteiger partial charge >= 0.3 is 0 Å². The Balaban J connectivity index is 1.24. The summed E-state index contributed by atoms with van der Waals surface area (Å²) in [7, 11) is 0. The van der Waals surface area contributed by atoms with Gasteiger partial charge in [0.05, 0.1) is 16.9 Å². The van der Waals surface area contributed by atoms with Gasteiger partial charge in [0, 0.05) is 41.0 Å². The van der Waals surface area contributed by atoms with Crippen molar-refractivity contribution in [2.24, 2.45) is 5.41 Å². The number of hydrogen-bond acceptors (Lipinski definition) is 4. The van der Waals surface area contributed by atoms with E-state index in [0.717, 1.165) is 39.7 Å². The summed E-state index contributed by atoms with van der Waals surface area (Å²) in [6, 6.07) is 14.6. The Kier molecular flexibility index (Phi) is 6.37. The predicted octanol–water partition coefficient (Wildman–Crippen LogP) is 5.46. The first kappa shape index (κ1) is 25.2.